The minimum atomic E-state index is -0.754. The van der Waals surface area contributed by atoms with Crippen LogP contribution in [-0.2, 0) is 20.7 Å². The Hall–Kier alpha value is -3.39. The fourth-order valence-electron chi connectivity index (χ4n) is 3.89. The molecule has 5 rings (SSSR count). The van der Waals surface area contributed by atoms with Gasteiger partial charge in [-0.3, -0.25) is 9.59 Å². The molecular formula is C22H21N3O5. The van der Waals surface area contributed by atoms with E-state index in [2.05, 4.69) is 5.16 Å². The minimum absolute atomic E-state index is 0.0732. The number of aromatic nitrogens is 1. The van der Waals surface area contributed by atoms with Crippen LogP contribution in [0.1, 0.15) is 5.69 Å². The van der Waals surface area contributed by atoms with E-state index in [1.54, 1.807) is 15.9 Å². The summed E-state index contributed by atoms with van der Waals surface area (Å²) in [5, 5.41) is 4.88. The zero-order valence-corrected chi connectivity index (χ0v) is 16.3. The van der Waals surface area contributed by atoms with Crippen molar-refractivity contribution in [2.24, 2.45) is 0 Å². The quantitative estimate of drug-likeness (QED) is 0.661. The molecule has 154 valence electrons. The maximum atomic E-state index is 13.3. The summed E-state index contributed by atoms with van der Waals surface area (Å²) < 4.78 is 16.6. The van der Waals surface area contributed by atoms with E-state index >= 15 is 0 Å². The lowest BCUT2D eigenvalue weighted by atomic mass is 10.1. The molecule has 1 saturated heterocycles. The molecule has 0 saturated carbocycles. The lowest BCUT2D eigenvalue weighted by Gasteiger charge is -2.37. The SMILES string of the molecule is O=C(C1CN(C(=O)Cc2noc3ccccc23)c2ccccc2O1)N1CCOCC1. The second-order valence-electron chi connectivity index (χ2n) is 7.32. The van der Waals surface area contributed by atoms with Gasteiger partial charge < -0.3 is 23.8 Å². The van der Waals surface area contributed by atoms with Crippen LogP contribution in [0, 0.1) is 0 Å². The largest absolute Gasteiger partial charge is 0.476 e. The van der Waals surface area contributed by atoms with Crippen LogP contribution in [0.4, 0.5) is 5.69 Å². The Bertz CT molecular complexity index is 1090. The molecule has 0 radical (unpaired) electrons. The van der Waals surface area contributed by atoms with Gasteiger partial charge in [-0.05, 0) is 24.3 Å². The van der Waals surface area contributed by atoms with Gasteiger partial charge in [0.25, 0.3) is 5.91 Å². The van der Waals surface area contributed by atoms with Gasteiger partial charge in [0.15, 0.2) is 11.7 Å². The average molecular weight is 407 g/mol. The first kappa shape index (κ1) is 18.6. The van der Waals surface area contributed by atoms with Crippen LogP contribution in [-0.4, -0.2) is 60.8 Å². The number of ether oxygens (including phenoxy) is 2. The third-order valence-corrected chi connectivity index (χ3v) is 5.44. The monoisotopic (exact) mass is 407 g/mol. The number of amides is 2. The van der Waals surface area contributed by atoms with Crippen molar-refractivity contribution in [3.05, 3.63) is 54.2 Å². The summed E-state index contributed by atoms with van der Waals surface area (Å²) >= 11 is 0. The van der Waals surface area contributed by atoms with E-state index < -0.39 is 6.10 Å². The van der Waals surface area contributed by atoms with Crippen LogP contribution in [0.15, 0.2) is 53.1 Å². The van der Waals surface area contributed by atoms with Gasteiger partial charge in [-0.1, -0.05) is 29.4 Å². The van der Waals surface area contributed by atoms with Crippen LogP contribution in [0.5, 0.6) is 5.75 Å². The number of rotatable bonds is 3. The smallest absolute Gasteiger partial charge is 0.265 e. The van der Waals surface area contributed by atoms with E-state index in [9.17, 15) is 9.59 Å². The molecule has 2 amide bonds. The molecular weight excluding hydrogens is 386 g/mol. The van der Waals surface area contributed by atoms with Crippen molar-refractivity contribution in [1.29, 1.82) is 0 Å². The fraction of sp³-hybridized carbons (Fsp3) is 0.318. The van der Waals surface area contributed by atoms with E-state index in [4.69, 9.17) is 14.0 Å². The van der Waals surface area contributed by atoms with Crippen molar-refractivity contribution in [2.45, 2.75) is 12.5 Å². The van der Waals surface area contributed by atoms with Gasteiger partial charge in [-0.25, -0.2) is 0 Å². The summed E-state index contributed by atoms with van der Waals surface area (Å²) in [4.78, 5) is 29.6. The summed E-state index contributed by atoms with van der Waals surface area (Å²) in [6.45, 7) is 2.23. The summed E-state index contributed by atoms with van der Waals surface area (Å²) in [5.41, 5.74) is 1.88. The summed E-state index contributed by atoms with van der Waals surface area (Å²) in [5.74, 6) is 0.232. The van der Waals surface area contributed by atoms with E-state index in [0.29, 0.717) is 49.0 Å². The summed E-state index contributed by atoms with van der Waals surface area (Å²) in [7, 11) is 0. The number of morpholine rings is 1. The van der Waals surface area contributed by atoms with Gasteiger partial charge >= 0.3 is 0 Å². The van der Waals surface area contributed by atoms with Crippen LogP contribution in [0.25, 0.3) is 11.0 Å². The molecule has 1 aromatic heterocycles. The lowest BCUT2D eigenvalue weighted by molar-refractivity contribution is -0.142. The van der Waals surface area contributed by atoms with E-state index in [-0.39, 0.29) is 24.8 Å². The van der Waals surface area contributed by atoms with Crippen LogP contribution in [0.3, 0.4) is 0 Å². The molecule has 2 aromatic carbocycles. The molecule has 0 spiro atoms. The third kappa shape index (κ3) is 3.39. The zero-order chi connectivity index (χ0) is 20.5. The predicted octanol–water partition coefficient (Wildman–Crippen LogP) is 2.02. The van der Waals surface area contributed by atoms with Crippen molar-refractivity contribution < 1.29 is 23.6 Å². The number of anilines is 1. The predicted molar refractivity (Wildman–Crippen MR) is 108 cm³/mol. The molecule has 1 fully saturated rings. The number of nitrogens with zero attached hydrogens (tertiary/aromatic N) is 3. The number of carbonyl (C=O) groups excluding carboxylic acids is 2. The van der Waals surface area contributed by atoms with Gasteiger partial charge in [-0.2, -0.15) is 0 Å². The zero-order valence-electron chi connectivity index (χ0n) is 16.3. The number of hydrogen-bond acceptors (Lipinski definition) is 6. The second-order valence-corrected chi connectivity index (χ2v) is 7.32. The highest BCUT2D eigenvalue weighted by Gasteiger charge is 2.36. The van der Waals surface area contributed by atoms with Crippen LogP contribution < -0.4 is 9.64 Å². The van der Waals surface area contributed by atoms with Crippen molar-refractivity contribution in [2.75, 3.05) is 37.7 Å². The van der Waals surface area contributed by atoms with Crippen molar-refractivity contribution in [3.63, 3.8) is 0 Å². The third-order valence-electron chi connectivity index (χ3n) is 5.44. The summed E-state index contributed by atoms with van der Waals surface area (Å²) in [6.07, 6.45) is -0.680. The van der Waals surface area contributed by atoms with Gasteiger partial charge in [0, 0.05) is 18.5 Å². The highest BCUT2D eigenvalue weighted by atomic mass is 16.5. The Labute approximate surface area is 172 Å². The van der Waals surface area contributed by atoms with Crippen LogP contribution in [0.2, 0.25) is 0 Å². The first-order valence-corrected chi connectivity index (χ1v) is 9.96. The maximum Gasteiger partial charge on any atom is 0.265 e. The van der Waals surface area contributed by atoms with Crippen molar-refractivity contribution in [1.82, 2.24) is 10.1 Å². The first-order chi connectivity index (χ1) is 14.7. The molecule has 8 heteroatoms. The van der Waals surface area contributed by atoms with Crippen molar-refractivity contribution >= 4 is 28.5 Å². The molecule has 0 N–H and O–H groups in total. The number of carbonyl (C=O) groups is 2. The summed E-state index contributed by atoms with van der Waals surface area (Å²) in [6, 6.07) is 14.7. The van der Waals surface area contributed by atoms with E-state index in [1.165, 1.54) is 0 Å². The maximum absolute atomic E-state index is 13.3. The Kier molecular flexibility index (Phi) is 4.84. The van der Waals surface area contributed by atoms with Gasteiger partial charge in [0.1, 0.15) is 11.4 Å². The topological polar surface area (TPSA) is 85.1 Å². The number of fused-ring (bicyclic) bond motifs is 2. The molecule has 3 heterocycles. The standard InChI is InChI=1S/C22H21N3O5/c26-21(13-16-15-5-1-3-7-18(15)30-23-16)25-14-20(22(27)24-9-11-28-12-10-24)29-19-8-4-2-6-17(19)25/h1-8,20H,9-14H2. The fourth-order valence-corrected chi connectivity index (χ4v) is 3.89. The molecule has 2 aliphatic rings. The Morgan fingerprint density at radius 2 is 1.80 bits per heavy atom. The Morgan fingerprint density at radius 1 is 1.03 bits per heavy atom. The molecule has 3 aromatic rings. The van der Waals surface area contributed by atoms with E-state index in [0.717, 1.165) is 5.39 Å². The molecule has 0 aliphatic carbocycles. The Morgan fingerprint density at radius 3 is 2.67 bits per heavy atom. The number of benzene rings is 2. The molecule has 2 aliphatic heterocycles. The highest BCUT2D eigenvalue weighted by Crippen LogP contribution is 2.34. The van der Waals surface area contributed by atoms with Gasteiger partial charge in [0.05, 0.1) is 31.9 Å². The highest BCUT2D eigenvalue weighted by molar-refractivity contribution is 5.99. The van der Waals surface area contributed by atoms with E-state index in [1.807, 2.05) is 42.5 Å². The Balaban J connectivity index is 1.41. The number of hydrogen-bond donors (Lipinski definition) is 0. The molecule has 1 unspecified atom stereocenters. The average Bonchev–Trinajstić information content (AvgIpc) is 3.21. The molecule has 1 atom stereocenters. The van der Waals surface area contributed by atoms with Crippen LogP contribution >= 0.6 is 0 Å². The normalized spacial score (nSPS) is 18.7. The van der Waals surface area contributed by atoms with Crippen molar-refractivity contribution in [3.8, 4) is 5.75 Å². The molecule has 0 bridgehead atoms. The second kappa shape index (κ2) is 7.79. The van der Waals surface area contributed by atoms with Gasteiger partial charge in [0.2, 0.25) is 5.91 Å². The van der Waals surface area contributed by atoms with Gasteiger partial charge in [-0.15, -0.1) is 0 Å². The lowest BCUT2D eigenvalue weighted by Crippen LogP contribution is -2.54. The molecule has 8 nitrogen and oxygen atoms in total. The first-order valence-electron chi connectivity index (χ1n) is 9.96. The molecule has 30 heavy (non-hydrogen) atoms. The minimum Gasteiger partial charge on any atom is -0.476 e. The number of para-hydroxylation sites is 3.